The summed E-state index contributed by atoms with van der Waals surface area (Å²) < 4.78 is 36.3. The van der Waals surface area contributed by atoms with Crippen molar-refractivity contribution < 1.29 is 12.8 Å². The summed E-state index contributed by atoms with van der Waals surface area (Å²) >= 11 is 6.21. The Bertz CT molecular complexity index is 784. The Hall–Kier alpha value is -0.610. The fourth-order valence-corrected chi connectivity index (χ4v) is 5.59. The van der Waals surface area contributed by atoms with Crippen LogP contribution in [-0.2, 0) is 15.3 Å². The predicted octanol–water partition coefficient (Wildman–Crippen LogP) is 2.73. The molecule has 1 atom stereocenters. The highest BCUT2D eigenvalue weighted by Gasteiger charge is 2.45. The van der Waals surface area contributed by atoms with E-state index in [1.807, 2.05) is 0 Å². The molecule has 146 valence electrons. The molecule has 1 heterocycles. The Morgan fingerprint density at radius 2 is 2.12 bits per heavy atom. The van der Waals surface area contributed by atoms with Gasteiger partial charge in [-0.1, -0.05) is 17.7 Å². The Morgan fingerprint density at radius 1 is 1.38 bits per heavy atom. The zero-order valence-electron chi connectivity index (χ0n) is 14.6. The van der Waals surface area contributed by atoms with Crippen LogP contribution in [0.2, 0.25) is 5.02 Å². The molecule has 1 unspecified atom stereocenters. The molecule has 26 heavy (non-hydrogen) atoms. The number of guanidine groups is 1. The van der Waals surface area contributed by atoms with Gasteiger partial charge in [0.1, 0.15) is 5.82 Å². The number of aliphatic imine (C=N–C) groups is 1. The van der Waals surface area contributed by atoms with Crippen LogP contribution in [0.1, 0.15) is 24.8 Å². The van der Waals surface area contributed by atoms with E-state index in [1.165, 1.54) is 12.1 Å². The zero-order valence-corrected chi connectivity index (χ0v) is 18.5. The summed E-state index contributed by atoms with van der Waals surface area (Å²) in [4.78, 5) is 4.20. The Kier molecular flexibility index (Phi) is 7.17. The molecule has 0 aromatic heterocycles. The fourth-order valence-electron chi connectivity index (χ4n) is 3.36. The maximum absolute atomic E-state index is 13.3. The molecule has 0 bridgehead atoms. The molecule has 1 aliphatic heterocycles. The summed E-state index contributed by atoms with van der Waals surface area (Å²) in [6.07, 6.45) is 2.67. The van der Waals surface area contributed by atoms with Crippen molar-refractivity contribution in [3.63, 3.8) is 0 Å². The van der Waals surface area contributed by atoms with Crippen LogP contribution in [0.3, 0.4) is 0 Å². The molecule has 2 N–H and O–H groups in total. The van der Waals surface area contributed by atoms with E-state index >= 15 is 0 Å². The highest BCUT2D eigenvalue weighted by molar-refractivity contribution is 14.0. The van der Waals surface area contributed by atoms with E-state index < -0.39 is 9.84 Å². The van der Waals surface area contributed by atoms with Gasteiger partial charge in [-0.2, -0.15) is 0 Å². The van der Waals surface area contributed by atoms with Gasteiger partial charge in [-0.25, -0.2) is 12.8 Å². The predicted molar refractivity (Wildman–Crippen MR) is 114 cm³/mol. The third kappa shape index (κ3) is 5.22. The summed E-state index contributed by atoms with van der Waals surface area (Å²) in [6.45, 7) is 1.24. The first-order valence-electron chi connectivity index (χ1n) is 8.44. The number of benzene rings is 1. The summed E-state index contributed by atoms with van der Waals surface area (Å²) in [5, 5.41) is 6.96. The topological polar surface area (TPSA) is 70.6 Å². The lowest BCUT2D eigenvalue weighted by Crippen LogP contribution is -2.43. The SMILES string of the molecule is CN=C(NCC1CCS(=O)(=O)C1)NCC1(c2ccc(F)cc2Cl)CC1.I. The molecule has 0 radical (unpaired) electrons. The third-order valence-electron chi connectivity index (χ3n) is 5.06. The van der Waals surface area contributed by atoms with Gasteiger partial charge in [-0.05, 0) is 42.9 Å². The number of hydrogen-bond acceptors (Lipinski definition) is 3. The lowest BCUT2D eigenvalue weighted by molar-refractivity contribution is 0.562. The molecule has 5 nitrogen and oxygen atoms in total. The first kappa shape index (κ1) is 21.7. The highest BCUT2D eigenvalue weighted by atomic mass is 127. The molecule has 2 fully saturated rings. The molecule has 1 aromatic carbocycles. The van der Waals surface area contributed by atoms with Gasteiger partial charge in [0.05, 0.1) is 11.5 Å². The molecule has 1 aliphatic carbocycles. The molecule has 1 saturated heterocycles. The van der Waals surface area contributed by atoms with Crippen molar-refractivity contribution in [2.75, 3.05) is 31.6 Å². The minimum atomic E-state index is -2.87. The van der Waals surface area contributed by atoms with Gasteiger partial charge in [0, 0.05) is 30.6 Å². The Morgan fingerprint density at radius 3 is 2.65 bits per heavy atom. The zero-order chi connectivity index (χ0) is 18.1. The first-order valence-corrected chi connectivity index (χ1v) is 10.6. The number of halogens is 3. The molecule has 1 saturated carbocycles. The minimum Gasteiger partial charge on any atom is -0.356 e. The van der Waals surface area contributed by atoms with E-state index in [9.17, 15) is 12.8 Å². The van der Waals surface area contributed by atoms with Crippen LogP contribution in [-0.4, -0.2) is 46.0 Å². The van der Waals surface area contributed by atoms with Crippen molar-refractivity contribution in [2.45, 2.75) is 24.7 Å². The second kappa shape index (κ2) is 8.60. The first-order chi connectivity index (χ1) is 11.8. The number of rotatable bonds is 5. The van der Waals surface area contributed by atoms with Crippen LogP contribution in [0.4, 0.5) is 4.39 Å². The van der Waals surface area contributed by atoms with Gasteiger partial charge in [-0.15, -0.1) is 24.0 Å². The maximum Gasteiger partial charge on any atom is 0.191 e. The third-order valence-corrected chi connectivity index (χ3v) is 7.21. The second-order valence-electron chi connectivity index (χ2n) is 6.98. The summed E-state index contributed by atoms with van der Waals surface area (Å²) in [5.74, 6) is 0.962. The number of sulfone groups is 1. The molecular weight excluding hydrogens is 492 g/mol. The van der Waals surface area contributed by atoms with Crippen LogP contribution in [0.25, 0.3) is 0 Å². The fraction of sp³-hybridized carbons (Fsp3) is 0.588. The average Bonchev–Trinajstić information content (AvgIpc) is 3.25. The Labute approximate surface area is 176 Å². The van der Waals surface area contributed by atoms with Gasteiger partial charge >= 0.3 is 0 Å². The largest absolute Gasteiger partial charge is 0.356 e. The van der Waals surface area contributed by atoms with Crippen LogP contribution in [0.15, 0.2) is 23.2 Å². The number of nitrogens with one attached hydrogen (secondary N) is 2. The molecular formula is C17H24ClFIN3O2S. The molecule has 2 aliphatic rings. The summed E-state index contributed by atoms with van der Waals surface area (Å²) in [7, 11) is -1.18. The van der Waals surface area contributed by atoms with Crippen molar-refractivity contribution in [3.05, 3.63) is 34.6 Å². The van der Waals surface area contributed by atoms with Gasteiger partial charge in [0.15, 0.2) is 15.8 Å². The van der Waals surface area contributed by atoms with E-state index in [0.29, 0.717) is 30.5 Å². The average molecular weight is 516 g/mol. The Balaban J connectivity index is 0.00000243. The molecule has 1 aromatic rings. The smallest absolute Gasteiger partial charge is 0.191 e. The molecule has 9 heteroatoms. The lowest BCUT2D eigenvalue weighted by atomic mass is 9.96. The van der Waals surface area contributed by atoms with Crippen molar-refractivity contribution in [1.29, 1.82) is 0 Å². The van der Waals surface area contributed by atoms with Crippen molar-refractivity contribution in [3.8, 4) is 0 Å². The lowest BCUT2D eigenvalue weighted by Gasteiger charge is -2.21. The van der Waals surface area contributed by atoms with Gasteiger partial charge in [0.25, 0.3) is 0 Å². The van der Waals surface area contributed by atoms with Crippen LogP contribution < -0.4 is 10.6 Å². The summed E-state index contributed by atoms with van der Waals surface area (Å²) in [6, 6.07) is 4.55. The highest BCUT2D eigenvalue weighted by Crippen LogP contribution is 2.50. The molecule has 3 rings (SSSR count). The number of hydrogen-bond donors (Lipinski definition) is 2. The van der Waals surface area contributed by atoms with Crippen molar-refractivity contribution in [2.24, 2.45) is 10.9 Å². The molecule has 0 spiro atoms. The summed E-state index contributed by atoms with van der Waals surface area (Å²) in [5.41, 5.74) is 0.874. The standard InChI is InChI=1S/C17H23ClFN3O2S.HI/c1-20-16(21-9-12-4-7-25(23,24)10-12)22-11-17(5-6-17)14-3-2-13(19)8-15(14)18;/h2-3,8,12H,4-7,9-11H2,1H3,(H2,20,21,22);1H. The monoisotopic (exact) mass is 515 g/mol. The van der Waals surface area contributed by atoms with Crippen LogP contribution in [0, 0.1) is 11.7 Å². The molecule has 0 amide bonds. The van der Waals surface area contributed by atoms with E-state index in [0.717, 1.165) is 18.4 Å². The van der Waals surface area contributed by atoms with Gasteiger partial charge in [-0.3, -0.25) is 4.99 Å². The van der Waals surface area contributed by atoms with Crippen LogP contribution >= 0.6 is 35.6 Å². The van der Waals surface area contributed by atoms with Crippen molar-refractivity contribution >= 4 is 51.4 Å². The van der Waals surface area contributed by atoms with Crippen LogP contribution in [0.5, 0.6) is 0 Å². The maximum atomic E-state index is 13.3. The minimum absolute atomic E-state index is 0. The van der Waals surface area contributed by atoms with Crippen molar-refractivity contribution in [1.82, 2.24) is 10.6 Å². The van der Waals surface area contributed by atoms with Gasteiger partial charge < -0.3 is 10.6 Å². The quantitative estimate of drug-likeness (QED) is 0.359. The normalized spacial score (nSPS) is 23.2. The van der Waals surface area contributed by atoms with E-state index in [2.05, 4.69) is 15.6 Å². The number of nitrogens with zero attached hydrogens (tertiary/aromatic N) is 1. The van der Waals surface area contributed by atoms with Gasteiger partial charge in [0.2, 0.25) is 0 Å². The van der Waals surface area contributed by atoms with E-state index in [4.69, 9.17) is 11.6 Å². The van der Waals surface area contributed by atoms with E-state index in [-0.39, 0.29) is 52.6 Å². The van der Waals surface area contributed by atoms with E-state index in [1.54, 1.807) is 13.1 Å². The second-order valence-corrected chi connectivity index (χ2v) is 9.62.